The van der Waals surface area contributed by atoms with Crippen LogP contribution in [0.5, 0.6) is 5.75 Å². The van der Waals surface area contributed by atoms with E-state index in [1.54, 1.807) is 35.2 Å². The lowest BCUT2D eigenvalue weighted by molar-refractivity contribution is -0.140. The van der Waals surface area contributed by atoms with E-state index in [0.717, 1.165) is 24.2 Å². The van der Waals surface area contributed by atoms with Crippen molar-refractivity contribution in [2.45, 2.75) is 13.0 Å². The number of likely N-dealkylation sites (tertiary alicyclic amines) is 1. The summed E-state index contributed by atoms with van der Waals surface area (Å²) in [5.74, 6) is -0.771. The summed E-state index contributed by atoms with van der Waals surface area (Å²) in [6, 6.07) is 13.8. The van der Waals surface area contributed by atoms with E-state index in [0.29, 0.717) is 44.2 Å². The van der Waals surface area contributed by atoms with Crippen molar-refractivity contribution in [3.8, 4) is 5.75 Å². The minimum atomic E-state index is -0.684. The van der Waals surface area contributed by atoms with Gasteiger partial charge in [-0.25, -0.2) is 0 Å². The highest BCUT2D eigenvalue weighted by Crippen LogP contribution is 2.39. The number of rotatable bonds is 8. The van der Waals surface area contributed by atoms with Crippen molar-refractivity contribution in [3.63, 3.8) is 0 Å². The predicted molar refractivity (Wildman–Crippen MR) is 130 cm³/mol. The Morgan fingerprint density at radius 1 is 1.09 bits per heavy atom. The van der Waals surface area contributed by atoms with Gasteiger partial charge in [0, 0.05) is 31.7 Å². The van der Waals surface area contributed by atoms with Gasteiger partial charge in [-0.05, 0) is 24.6 Å². The number of carbonyl (C=O) groups excluding carboxylic acids is 2. The van der Waals surface area contributed by atoms with Gasteiger partial charge in [-0.1, -0.05) is 54.6 Å². The summed E-state index contributed by atoms with van der Waals surface area (Å²) in [6.45, 7) is 9.85. The molecule has 2 heterocycles. The topological polar surface area (TPSA) is 79.3 Å². The van der Waals surface area contributed by atoms with E-state index < -0.39 is 17.7 Å². The van der Waals surface area contributed by atoms with Gasteiger partial charge in [0.15, 0.2) is 0 Å². The molecule has 1 amide bonds. The molecule has 1 atom stereocenters. The average molecular weight is 463 g/mol. The molecule has 2 saturated heterocycles. The third kappa shape index (κ3) is 5.05. The van der Waals surface area contributed by atoms with Crippen LogP contribution in [0.2, 0.25) is 0 Å². The fourth-order valence-electron chi connectivity index (χ4n) is 4.30. The molecule has 2 aliphatic heterocycles. The Balaban J connectivity index is 1.70. The number of hydrogen-bond acceptors (Lipinski definition) is 6. The molecule has 4 rings (SSSR count). The number of aliphatic hydroxyl groups is 1. The molecular weight excluding hydrogens is 432 g/mol. The van der Waals surface area contributed by atoms with Gasteiger partial charge in [-0.3, -0.25) is 14.5 Å². The number of carbonyl (C=O) groups is 2. The smallest absolute Gasteiger partial charge is 0.295 e. The monoisotopic (exact) mass is 462 g/mol. The lowest BCUT2D eigenvalue weighted by Crippen LogP contribution is -2.42. The van der Waals surface area contributed by atoms with Crippen molar-refractivity contribution in [2.75, 3.05) is 46.0 Å². The van der Waals surface area contributed by atoms with E-state index in [2.05, 4.69) is 11.5 Å². The molecule has 7 heteroatoms. The highest BCUT2D eigenvalue weighted by Gasteiger charge is 2.46. The number of nitrogens with zero attached hydrogens (tertiary/aromatic N) is 2. The highest BCUT2D eigenvalue weighted by atomic mass is 16.5. The Labute approximate surface area is 199 Å². The van der Waals surface area contributed by atoms with Crippen LogP contribution in [0.3, 0.4) is 0 Å². The number of ether oxygens (including phenoxy) is 2. The molecule has 2 aliphatic rings. The normalized spacial score (nSPS) is 20.5. The Hall–Kier alpha value is -3.42. The number of benzene rings is 2. The van der Waals surface area contributed by atoms with Crippen LogP contribution < -0.4 is 4.74 Å². The first-order valence-electron chi connectivity index (χ1n) is 11.5. The lowest BCUT2D eigenvalue weighted by atomic mass is 9.95. The Morgan fingerprint density at radius 2 is 1.76 bits per heavy atom. The van der Waals surface area contributed by atoms with Gasteiger partial charge in [0.05, 0.1) is 24.8 Å². The second-order valence-electron chi connectivity index (χ2n) is 8.48. The molecule has 1 unspecified atom stereocenters. The van der Waals surface area contributed by atoms with Gasteiger partial charge < -0.3 is 19.5 Å². The van der Waals surface area contributed by atoms with Crippen LogP contribution in [0.15, 0.2) is 66.8 Å². The summed E-state index contributed by atoms with van der Waals surface area (Å²) in [7, 11) is 0. The maximum Gasteiger partial charge on any atom is 0.295 e. The largest absolute Gasteiger partial charge is 0.507 e. The molecule has 7 nitrogen and oxygen atoms in total. The number of aryl methyl sites for hydroxylation is 1. The van der Waals surface area contributed by atoms with Crippen molar-refractivity contribution in [1.82, 2.24) is 9.80 Å². The SMILES string of the molecule is C=CCOc1ccc(C2/C(=C(\O)c3ccc(C)cc3)C(=O)C(=O)N2CCN2CCOCC2)cc1. The summed E-state index contributed by atoms with van der Waals surface area (Å²) in [4.78, 5) is 30.1. The first-order chi connectivity index (χ1) is 16.5. The molecule has 2 fully saturated rings. The first-order valence-corrected chi connectivity index (χ1v) is 11.5. The molecule has 178 valence electrons. The molecule has 0 aromatic heterocycles. The van der Waals surface area contributed by atoms with Crippen molar-refractivity contribution in [3.05, 3.63) is 83.4 Å². The maximum atomic E-state index is 13.2. The molecule has 0 radical (unpaired) electrons. The number of amides is 1. The molecule has 34 heavy (non-hydrogen) atoms. The van der Waals surface area contributed by atoms with E-state index in [4.69, 9.17) is 9.47 Å². The summed E-state index contributed by atoms with van der Waals surface area (Å²) >= 11 is 0. The standard InChI is InChI=1S/C27H30N2O5/c1-3-16-34-22-10-8-20(9-11-22)24-23(25(30)21-6-4-19(2)5-7-21)26(31)27(32)29(24)13-12-28-14-17-33-18-15-28/h3-11,24,30H,1,12-18H2,2H3/b25-23+. The molecule has 1 N–H and O–H groups in total. The highest BCUT2D eigenvalue weighted by molar-refractivity contribution is 6.46. The summed E-state index contributed by atoms with van der Waals surface area (Å²) in [6.07, 6.45) is 1.66. The molecule has 0 bridgehead atoms. The first kappa shape index (κ1) is 23.7. The molecular formula is C27H30N2O5. The number of Topliss-reactive ketones (excluding diaryl/α,β-unsaturated/α-hetero) is 1. The lowest BCUT2D eigenvalue weighted by Gasteiger charge is -2.31. The zero-order valence-corrected chi connectivity index (χ0v) is 19.4. The number of ketones is 1. The number of hydrogen-bond donors (Lipinski definition) is 1. The van der Waals surface area contributed by atoms with Crippen molar-refractivity contribution < 1.29 is 24.2 Å². The molecule has 2 aromatic rings. The van der Waals surface area contributed by atoms with Crippen LogP contribution in [-0.2, 0) is 14.3 Å². The van der Waals surface area contributed by atoms with Gasteiger partial charge >= 0.3 is 0 Å². The number of morpholine rings is 1. The minimum Gasteiger partial charge on any atom is -0.507 e. The van der Waals surface area contributed by atoms with Crippen molar-refractivity contribution in [1.29, 1.82) is 0 Å². The van der Waals surface area contributed by atoms with E-state index in [1.807, 2.05) is 31.2 Å². The zero-order chi connectivity index (χ0) is 24.1. The van der Waals surface area contributed by atoms with Gasteiger partial charge in [0.25, 0.3) is 11.7 Å². The van der Waals surface area contributed by atoms with E-state index in [-0.39, 0.29) is 11.3 Å². The summed E-state index contributed by atoms with van der Waals surface area (Å²) < 4.78 is 11.0. The second-order valence-corrected chi connectivity index (χ2v) is 8.48. The maximum absolute atomic E-state index is 13.2. The van der Waals surface area contributed by atoms with Crippen LogP contribution in [0, 0.1) is 6.92 Å². The van der Waals surface area contributed by atoms with E-state index in [9.17, 15) is 14.7 Å². The Bertz CT molecular complexity index is 1070. The quantitative estimate of drug-likeness (QED) is 0.281. The predicted octanol–water partition coefficient (Wildman–Crippen LogP) is 3.31. The van der Waals surface area contributed by atoms with Crippen LogP contribution in [0.4, 0.5) is 0 Å². The van der Waals surface area contributed by atoms with Crippen LogP contribution >= 0.6 is 0 Å². The Morgan fingerprint density at radius 3 is 2.41 bits per heavy atom. The van der Waals surface area contributed by atoms with E-state index in [1.165, 1.54) is 0 Å². The van der Waals surface area contributed by atoms with Gasteiger partial charge in [-0.15, -0.1) is 0 Å². The minimum absolute atomic E-state index is 0.107. The number of aliphatic hydroxyl groups excluding tert-OH is 1. The zero-order valence-electron chi connectivity index (χ0n) is 19.4. The second kappa shape index (κ2) is 10.7. The van der Waals surface area contributed by atoms with Gasteiger partial charge in [-0.2, -0.15) is 0 Å². The summed E-state index contributed by atoms with van der Waals surface area (Å²) in [5, 5.41) is 11.2. The summed E-state index contributed by atoms with van der Waals surface area (Å²) in [5.41, 5.74) is 2.39. The van der Waals surface area contributed by atoms with Crippen LogP contribution in [0.1, 0.15) is 22.7 Å². The molecule has 2 aromatic carbocycles. The molecule has 0 saturated carbocycles. The average Bonchev–Trinajstić information content (AvgIpc) is 3.12. The van der Waals surface area contributed by atoms with Crippen LogP contribution in [0.25, 0.3) is 5.76 Å². The fourth-order valence-corrected chi connectivity index (χ4v) is 4.30. The molecule has 0 aliphatic carbocycles. The van der Waals surface area contributed by atoms with Crippen molar-refractivity contribution >= 4 is 17.4 Å². The third-order valence-electron chi connectivity index (χ3n) is 6.19. The fraction of sp³-hybridized carbons (Fsp3) is 0.333. The van der Waals surface area contributed by atoms with Crippen LogP contribution in [-0.4, -0.2) is 72.6 Å². The van der Waals surface area contributed by atoms with Crippen molar-refractivity contribution in [2.24, 2.45) is 0 Å². The third-order valence-corrected chi connectivity index (χ3v) is 6.19. The molecule has 0 spiro atoms. The van der Waals surface area contributed by atoms with Gasteiger partial charge in [0.2, 0.25) is 0 Å². The van der Waals surface area contributed by atoms with E-state index >= 15 is 0 Å². The van der Waals surface area contributed by atoms with Gasteiger partial charge in [0.1, 0.15) is 18.1 Å². The Kier molecular flexibility index (Phi) is 7.45.